The molecule has 2 aromatic carbocycles. The fourth-order valence-electron chi connectivity index (χ4n) is 2.08. The van der Waals surface area contributed by atoms with Crippen LogP contribution in [0.15, 0.2) is 48.5 Å². The van der Waals surface area contributed by atoms with Crippen molar-refractivity contribution >= 4 is 11.7 Å². The number of benzene rings is 2. The number of carbonyl (C=O) groups is 1. The maximum Gasteiger partial charge on any atom is 0.319 e. The average Bonchev–Trinajstić information content (AvgIpc) is 2.47. The van der Waals surface area contributed by atoms with E-state index < -0.39 is 0 Å². The van der Waals surface area contributed by atoms with Gasteiger partial charge in [0.05, 0.1) is 13.2 Å². The van der Waals surface area contributed by atoms with Gasteiger partial charge in [-0.2, -0.15) is 0 Å². The third kappa shape index (κ3) is 4.24. The predicted octanol–water partition coefficient (Wildman–Crippen LogP) is 3.89. The first-order valence-electron chi connectivity index (χ1n) is 6.86. The Hall–Kier alpha value is -2.49. The maximum atomic E-state index is 12.0. The molecule has 0 aliphatic heterocycles. The van der Waals surface area contributed by atoms with E-state index in [0.717, 1.165) is 22.6 Å². The molecule has 2 rings (SSSR count). The minimum absolute atomic E-state index is 0.107. The van der Waals surface area contributed by atoms with Crippen molar-refractivity contribution in [3.63, 3.8) is 0 Å². The van der Waals surface area contributed by atoms with Crippen LogP contribution in [-0.2, 0) is 0 Å². The first-order valence-corrected chi connectivity index (χ1v) is 6.86. The van der Waals surface area contributed by atoms with Gasteiger partial charge in [-0.15, -0.1) is 0 Å². The van der Waals surface area contributed by atoms with Crippen molar-refractivity contribution in [2.24, 2.45) is 0 Å². The molecule has 1 atom stereocenters. The summed E-state index contributed by atoms with van der Waals surface area (Å²) < 4.78 is 5.19. The van der Waals surface area contributed by atoms with Crippen molar-refractivity contribution in [1.29, 1.82) is 0 Å². The Morgan fingerprint density at radius 1 is 1.14 bits per heavy atom. The van der Waals surface area contributed by atoms with Gasteiger partial charge in [-0.1, -0.05) is 24.3 Å². The summed E-state index contributed by atoms with van der Waals surface area (Å²) in [6.45, 7) is 3.92. The highest BCUT2D eigenvalue weighted by Gasteiger charge is 2.10. The summed E-state index contributed by atoms with van der Waals surface area (Å²) in [5.41, 5.74) is 2.88. The molecule has 4 nitrogen and oxygen atoms in total. The van der Waals surface area contributed by atoms with Crippen molar-refractivity contribution in [1.82, 2.24) is 5.32 Å². The molecule has 0 aliphatic carbocycles. The zero-order valence-corrected chi connectivity index (χ0v) is 12.5. The molecule has 0 heterocycles. The lowest BCUT2D eigenvalue weighted by Crippen LogP contribution is -2.31. The molecule has 0 aliphatic rings. The summed E-state index contributed by atoms with van der Waals surface area (Å²) in [4.78, 5) is 12.0. The summed E-state index contributed by atoms with van der Waals surface area (Å²) >= 11 is 0. The van der Waals surface area contributed by atoms with Crippen molar-refractivity contribution < 1.29 is 9.53 Å². The largest absolute Gasteiger partial charge is 0.497 e. The van der Waals surface area contributed by atoms with E-state index >= 15 is 0 Å². The lowest BCUT2D eigenvalue weighted by Gasteiger charge is -2.16. The number of hydrogen-bond donors (Lipinski definition) is 2. The predicted molar refractivity (Wildman–Crippen MR) is 84.7 cm³/mol. The molecule has 0 unspecified atom stereocenters. The number of hydrogen-bond acceptors (Lipinski definition) is 2. The van der Waals surface area contributed by atoms with Crippen molar-refractivity contribution in [3.8, 4) is 5.75 Å². The van der Waals surface area contributed by atoms with Gasteiger partial charge in [-0.05, 0) is 49.2 Å². The molecule has 0 fully saturated rings. The number of anilines is 1. The number of aryl methyl sites for hydroxylation is 1. The zero-order chi connectivity index (χ0) is 15.2. The van der Waals surface area contributed by atoms with Crippen LogP contribution < -0.4 is 15.4 Å². The Balaban J connectivity index is 1.98. The number of carbonyl (C=O) groups excluding carboxylic acids is 1. The molecule has 4 heteroatoms. The summed E-state index contributed by atoms with van der Waals surface area (Å²) in [5.74, 6) is 0.778. The molecule has 0 saturated carbocycles. The second kappa shape index (κ2) is 6.79. The highest BCUT2D eigenvalue weighted by atomic mass is 16.5. The molecule has 0 bridgehead atoms. The highest BCUT2D eigenvalue weighted by Crippen LogP contribution is 2.19. The maximum absolute atomic E-state index is 12.0. The summed E-state index contributed by atoms with van der Waals surface area (Å²) in [7, 11) is 1.63. The van der Waals surface area contributed by atoms with Crippen molar-refractivity contribution in [2.45, 2.75) is 19.9 Å². The molecule has 2 amide bonds. The molecule has 21 heavy (non-hydrogen) atoms. The van der Waals surface area contributed by atoms with Crippen LogP contribution in [0.1, 0.15) is 24.1 Å². The van der Waals surface area contributed by atoms with Gasteiger partial charge in [0.2, 0.25) is 0 Å². The van der Waals surface area contributed by atoms with Crippen LogP contribution >= 0.6 is 0 Å². The third-order valence-corrected chi connectivity index (χ3v) is 3.22. The first kappa shape index (κ1) is 14.9. The lowest BCUT2D eigenvalue weighted by molar-refractivity contribution is 0.249. The second-order valence-electron chi connectivity index (χ2n) is 4.97. The van der Waals surface area contributed by atoms with Gasteiger partial charge in [0.1, 0.15) is 5.75 Å². The number of ether oxygens (including phenoxy) is 1. The normalized spacial score (nSPS) is 11.6. The molecular weight excluding hydrogens is 264 g/mol. The molecule has 0 spiro atoms. The van der Waals surface area contributed by atoms with E-state index in [-0.39, 0.29) is 12.1 Å². The van der Waals surface area contributed by atoms with E-state index in [0.29, 0.717) is 0 Å². The summed E-state index contributed by atoms with van der Waals surface area (Å²) in [5, 5.41) is 5.74. The van der Waals surface area contributed by atoms with E-state index in [1.165, 1.54) is 0 Å². The van der Waals surface area contributed by atoms with Crippen LogP contribution in [0.25, 0.3) is 0 Å². The van der Waals surface area contributed by atoms with E-state index in [1.807, 2.05) is 62.4 Å². The van der Waals surface area contributed by atoms with Gasteiger partial charge in [-0.3, -0.25) is 0 Å². The fourth-order valence-corrected chi connectivity index (χ4v) is 2.08. The Morgan fingerprint density at radius 2 is 1.90 bits per heavy atom. The van der Waals surface area contributed by atoms with Gasteiger partial charge in [-0.25, -0.2) is 4.79 Å². The number of nitrogens with one attached hydrogen (secondary N) is 2. The van der Waals surface area contributed by atoms with Crippen LogP contribution in [0.2, 0.25) is 0 Å². The molecular formula is C17H20N2O2. The molecule has 2 N–H and O–H groups in total. The SMILES string of the molecule is COc1cccc([C@H](C)NC(=O)Nc2cccc(C)c2)c1. The fraction of sp³-hybridized carbons (Fsp3) is 0.235. The summed E-state index contributed by atoms with van der Waals surface area (Å²) in [6, 6.07) is 15.0. The summed E-state index contributed by atoms with van der Waals surface area (Å²) in [6.07, 6.45) is 0. The van der Waals surface area contributed by atoms with Crippen LogP contribution in [0.3, 0.4) is 0 Å². The number of rotatable bonds is 4. The van der Waals surface area contributed by atoms with E-state index in [4.69, 9.17) is 4.74 Å². The number of amides is 2. The van der Waals surface area contributed by atoms with Gasteiger partial charge in [0.15, 0.2) is 0 Å². The number of urea groups is 1. The molecule has 0 saturated heterocycles. The van der Waals surface area contributed by atoms with Gasteiger partial charge in [0.25, 0.3) is 0 Å². The second-order valence-corrected chi connectivity index (χ2v) is 4.97. The molecule has 0 radical (unpaired) electrons. The van der Waals surface area contributed by atoms with Gasteiger partial charge < -0.3 is 15.4 Å². The monoisotopic (exact) mass is 284 g/mol. The van der Waals surface area contributed by atoms with E-state index in [2.05, 4.69) is 10.6 Å². The van der Waals surface area contributed by atoms with Gasteiger partial charge >= 0.3 is 6.03 Å². The quantitative estimate of drug-likeness (QED) is 0.895. The lowest BCUT2D eigenvalue weighted by atomic mass is 10.1. The Labute approximate surface area is 125 Å². The average molecular weight is 284 g/mol. The van der Waals surface area contributed by atoms with E-state index in [1.54, 1.807) is 7.11 Å². The Kier molecular flexibility index (Phi) is 4.82. The van der Waals surface area contributed by atoms with Crippen LogP contribution in [0, 0.1) is 6.92 Å². The standard InChI is InChI=1S/C17H20N2O2/c1-12-6-4-8-15(10-12)19-17(20)18-13(2)14-7-5-9-16(11-14)21-3/h4-11,13H,1-3H3,(H2,18,19,20)/t13-/m0/s1. The minimum atomic E-state index is -0.226. The van der Waals surface area contributed by atoms with Gasteiger partial charge in [0, 0.05) is 5.69 Å². The zero-order valence-electron chi connectivity index (χ0n) is 12.5. The van der Waals surface area contributed by atoms with Crippen LogP contribution in [0.4, 0.5) is 10.5 Å². The van der Waals surface area contributed by atoms with Crippen molar-refractivity contribution in [2.75, 3.05) is 12.4 Å². The molecule has 110 valence electrons. The van der Waals surface area contributed by atoms with E-state index in [9.17, 15) is 4.79 Å². The topological polar surface area (TPSA) is 50.4 Å². The van der Waals surface area contributed by atoms with Crippen molar-refractivity contribution in [3.05, 3.63) is 59.7 Å². The number of methoxy groups -OCH3 is 1. The molecule has 2 aromatic rings. The van der Waals surface area contributed by atoms with Crippen LogP contribution in [-0.4, -0.2) is 13.1 Å². The highest BCUT2D eigenvalue weighted by molar-refractivity contribution is 5.89. The smallest absolute Gasteiger partial charge is 0.319 e. The van der Waals surface area contributed by atoms with Crippen LogP contribution in [0.5, 0.6) is 5.75 Å². The Bertz CT molecular complexity index is 626. The minimum Gasteiger partial charge on any atom is -0.497 e. The first-order chi connectivity index (χ1) is 10.1. The molecule has 0 aromatic heterocycles. The Morgan fingerprint density at radius 3 is 2.62 bits per heavy atom. The third-order valence-electron chi connectivity index (χ3n) is 3.22.